The molecule has 8 nitrogen and oxygen atoms in total. The first-order valence-electron chi connectivity index (χ1n) is 13.4. The molecule has 0 aromatic heterocycles. The minimum absolute atomic E-state index is 0.0659. The molecule has 7 atom stereocenters. The van der Waals surface area contributed by atoms with Crippen LogP contribution in [0.1, 0.15) is 60.3 Å². The molecule has 0 radical (unpaired) electrons. The number of unbranched alkanes of at least 4 members (excludes halogenated alkanes) is 1. The van der Waals surface area contributed by atoms with Gasteiger partial charge in [-0.2, -0.15) is 0 Å². The molecule has 3 saturated heterocycles. The van der Waals surface area contributed by atoms with Crippen molar-refractivity contribution in [3.8, 4) is 0 Å². The van der Waals surface area contributed by atoms with Gasteiger partial charge in [-0.1, -0.05) is 46.3 Å². The number of hydrogen-bond donors (Lipinski definition) is 1. The molecule has 3 aliphatic rings. The van der Waals surface area contributed by atoms with Gasteiger partial charge in [0.05, 0.1) is 30.8 Å². The number of nitrogens with zero attached hydrogens (tertiary/aromatic N) is 2. The third-order valence-corrected chi connectivity index (χ3v) is 8.56. The van der Waals surface area contributed by atoms with E-state index < -0.39 is 41.1 Å². The second kappa shape index (κ2) is 11.1. The smallest absolute Gasteiger partial charge is 0.312 e. The third kappa shape index (κ3) is 4.40. The molecule has 3 aliphatic heterocycles. The molecule has 0 aliphatic carbocycles. The van der Waals surface area contributed by atoms with E-state index in [9.17, 15) is 19.5 Å². The predicted molar refractivity (Wildman–Crippen MR) is 137 cm³/mol. The summed E-state index contributed by atoms with van der Waals surface area (Å²) in [7, 11) is 0. The maximum absolute atomic E-state index is 14.3. The summed E-state index contributed by atoms with van der Waals surface area (Å²) in [4.78, 5) is 45.1. The van der Waals surface area contributed by atoms with Crippen molar-refractivity contribution in [3.63, 3.8) is 0 Å². The van der Waals surface area contributed by atoms with Crippen LogP contribution in [0.5, 0.6) is 0 Å². The Morgan fingerprint density at radius 1 is 1.33 bits per heavy atom. The van der Waals surface area contributed by atoms with Crippen LogP contribution in [0.4, 0.5) is 0 Å². The quantitative estimate of drug-likeness (QED) is 0.235. The Bertz CT molecular complexity index is 874. The minimum Gasteiger partial charge on any atom is -0.465 e. The Kier molecular flexibility index (Phi) is 8.71. The van der Waals surface area contributed by atoms with Crippen molar-refractivity contribution in [2.24, 2.45) is 23.7 Å². The summed E-state index contributed by atoms with van der Waals surface area (Å²) in [5, 5.41) is 10.3. The van der Waals surface area contributed by atoms with E-state index in [1.165, 1.54) is 0 Å². The summed E-state index contributed by atoms with van der Waals surface area (Å²) >= 11 is 0. The van der Waals surface area contributed by atoms with E-state index in [0.29, 0.717) is 25.9 Å². The second-order valence-electron chi connectivity index (χ2n) is 11.1. The third-order valence-electron chi connectivity index (χ3n) is 8.56. The molecule has 3 unspecified atom stereocenters. The number of hydrogen-bond acceptors (Lipinski definition) is 6. The normalized spacial score (nSPS) is 33.5. The van der Waals surface area contributed by atoms with Crippen LogP contribution in [0.2, 0.25) is 0 Å². The maximum Gasteiger partial charge on any atom is 0.312 e. The number of fused-ring (bicyclic) bond motifs is 1. The fraction of sp³-hybridized carbons (Fsp3) is 0.750. The molecule has 8 heteroatoms. The summed E-state index contributed by atoms with van der Waals surface area (Å²) in [6, 6.07) is -1.51. The first-order valence-corrected chi connectivity index (χ1v) is 13.4. The maximum atomic E-state index is 14.3. The van der Waals surface area contributed by atoms with E-state index in [2.05, 4.69) is 20.1 Å². The molecule has 2 amide bonds. The molecule has 36 heavy (non-hydrogen) atoms. The van der Waals surface area contributed by atoms with Crippen LogP contribution in [0.15, 0.2) is 25.3 Å². The van der Waals surface area contributed by atoms with Gasteiger partial charge in [-0.25, -0.2) is 0 Å². The first kappa shape index (κ1) is 28.4. The highest BCUT2D eigenvalue weighted by Crippen LogP contribution is 2.65. The molecule has 3 heterocycles. The molecule has 3 rings (SSSR count). The summed E-state index contributed by atoms with van der Waals surface area (Å²) in [6.07, 6.45) is 6.08. The monoisotopic (exact) mass is 504 g/mol. The molecule has 3 fully saturated rings. The number of likely N-dealkylation sites (tertiary alicyclic amines) is 1. The number of aliphatic hydroxyl groups is 1. The number of aliphatic hydroxyl groups excluding tert-OH is 1. The Balaban J connectivity index is 2.12. The van der Waals surface area contributed by atoms with Crippen LogP contribution in [0, 0.1) is 23.7 Å². The molecule has 1 N–H and O–H groups in total. The SMILES string of the molecule is C=CCCOC(=O)[C@H]1[C@H]2C(=O)N([C@@H](CO)C(C)C)C(C(=O)N(CC=C)CCCC)C23CC(C)[C@]1(C)O3. The number of carbonyl (C=O) groups excluding carboxylic acids is 3. The van der Waals surface area contributed by atoms with Crippen molar-refractivity contribution in [3.05, 3.63) is 25.3 Å². The Morgan fingerprint density at radius 2 is 2.03 bits per heavy atom. The summed E-state index contributed by atoms with van der Waals surface area (Å²) in [6.45, 7) is 18.1. The molecule has 202 valence electrons. The Morgan fingerprint density at radius 3 is 2.58 bits per heavy atom. The average Bonchev–Trinajstić information content (AvgIpc) is 3.34. The summed E-state index contributed by atoms with van der Waals surface area (Å²) in [5.41, 5.74) is -2.08. The minimum atomic E-state index is -1.15. The van der Waals surface area contributed by atoms with Crippen molar-refractivity contribution >= 4 is 17.8 Å². The number of amides is 2. The van der Waals surface area contributed by atoms with Crippen molar-refractivity contribution in [2.75, 3.05) is 26.3 Å². The lowest BCUT2D eigenvalue weighted by Gasteiger charge is -2.40. The largest absolute Gasteiger partial charge is 0.465 e. The van der Waals surface area contributed by atoms with Crippen LogP contribution in [-0.4, -0.2) is 82.3 Å². The van der Waals surface area contributed by atoms with Crippen LogP contribution >= 0.6 is 0 Å². The molecular weight excluding hydrogens is 460 g/mol. The van der Waals surface area contributed by atoms with Gasteiger partial charge in [-0.3, -0.25) is 14.4 Å². The van der Waals surface area contributed by atoms with Crippen LogP contribution in [0.25, 0.3) is 0 Å². The highest BCUT2D eigenvalue weighted by molar-refractivity contribution is 5.98. The van der Waals surface area contributed by atoms with Crippen molar-refractivity contribution in [2.45, 2.75) is 83.6 Å². The van der Waals surface area contributed by atoms with Crippen LogP contribution in [-0.2, 0) is 23.9 Å². The van der Waals surface area contributed by atoms with Crippen LogP contribution in [0.3, 0.4) is 0 Å². The van der Waals surface area contributed by atoms with Gasteiger partial charge in [-0.15, -0.1) is 13.2 Å². The van der Waals surface area contributed by atoms with E-state index in [0.717, 1.165) is 12.8 Å². The number of esters is 1. The van der Waals surface area contributed by atoms with Gasteiger partial charge in [0, 0.05) is 13.1 Å². The Labute approximate surface area is 215 Å². The number of rotatable bonds is 13. The first-order chi connectivity index (χ1) is 17.0. The summed E-state index contributed by atoms with van der Waals surface area (Å²) in [5.74, 6) is -2.83. The van der Waals surface area contributed by atoms with Gasteiger partial charge in [0.1, 0.15) is 17.6 Å². The lowest BCUT2D eigenvalue weighted by molar-refractivity contribution is -0.164. The zero-order valence-corrected chi connectivity index (χ0v) is 22.6. The van der Waals surface area contributed by atoms with Gasteiger partial charge in [-0.05, 0) is 38.0 Å². The van der Waals surface area contributed by atoms with Crippen LogP contribution < -0.4 is 0 Å². The highest BCUT2D eigenvalue weighted by Gasteiger charge is 2.80. The zero-order valence-electron chi connectivity index (χ0n) is 22.6. The van der Waals surface area contributed by atoms with E-state index in [1.807, 2.05) is 27.7 Å². The van der Waals surface area contributed by atoms with E-state index in [-0.39, 0.29) is 36.9 Å². The van der Waals surface area contributed by atoms with E-state index in [4.69, 9.17) is 9.47 Å². The Hall–Kier alpha value is -2.19. The lowest BCUT2D eigenvalue weighted by Crippen LogP contribution is -2.59. The molecule has 1 spiro atoms. The number of ether oxygens (including phenoxy) is 2. The van der Waals surface area contributed by atoms with E-state index in [1.54, 1.807) is 22.0 Å². The van der Waals surface area contributed by atoms with Crippen molar-refractivity contribution < 1.29 is 29.0 Å². The molecular formula is C28H44N2O6. The standard InChI is InChI=1S/C28H44N2O6/c1-8-11-14-29(13-10-3)25(33)23-28-16-19(6)27(7,36-28)22(26(34)35-15-12-9-2)21(28)24(32)30(23)20(17-31)18(4)5/h9-10,18-23,31H,2-3,8,11-17H2,1,4-7H3/t19?,20-,21-,22+,23?,27-,28?/m0/s1. The molecule has 0 aromatic carbocycles. The van der Waals surface area contributed by atoms with Gasteiger partial charge in [0.15, 0.2) is 0 Å². The fourth-order valence-corrected chi connectivity index (χ4v) is 6.59. The topological polar surface area (TPSA) is 96.4 Å². The lowest BCUT2D eigenvalue weighted by atomic mass is 9.62. The van der Waals surface area contributed by atoms with Crippen molar-refractivity contribution in [1.82, 2.24) is 9.80 Å². The van der Waals surface area contributed by atoms with Gasteiger partial charge < -0.3 is 24.4 Å². The predicted octanol–water partition coefficient (Wildman–Crippen LogP) is 2.95. The zero-order chi connectivity index (χ0) is 26.8. The van der Waals surface area contributed by atoms with Crippen molar-refractivity contribution in [1.29, 1.82) is 0 Å². The molecule has 0 saturated carbocycles. The van der Waals surface area contributed by atoms with Gasteiger partial charge in [0.2, 0.25) is 11.8 Å². The second-order valence-corrected chi connectivity index (χ2v) is 11.1. The summed E-state index contributed by atoms with van der Waals surface area (Å²) < 4.78 is 12.3. The fourth-order valence-electron chi connectivity index (χ4n) is 6.59. The highest BCUT2D eigenvalue weighted by atomic mass is 16.6. The van der Waals surface area contributed by atoms with Gasteiger partial charge in [0.25, 0.3) is 0 Å². The van der Waals surface area contributed by atoms with Gasteiger partial charge >= 0.3 is 5.97 Å². The molecule has 2 bridgehead atoms. The number of carbonyl (C=O) groups is 3. The van der Waals surface area contributed by atoms with E-state index >= 15 is 0 Å². The average molecular weight is 505 g/mol. The molecule has 0 aromatic rings.